The molecular formula is C19H25N3O4. The number of nitrogens with zero attached hydrogens (tertiary/aromatic N) is 2. The van der Waals surface area contributed by atoms with Crippen LogP contribution in [-0.2, 0) is 16.0 Å². The molecule has 7 heteroatoms. The third-order valence-electron chi connectivity index (χ3n) is 5.66. The van der Waals surface area contributed by atoms with E-state index in [9.17, 15) is 9.59 Å². The molecule has 0 bridgehead atoms. The van der Waals surface area contributed by atoms with Crippen molar-refractivity contribution in [3.63, 3.8) is 0 Å². The highest BCUT2D eigenvalue weighted by atomic mass is 16.7. The fourth-order valence-electron chi connectivity index (χ4n) is 4.34. The minimum atomic E-state index is 0.129. The van der Waals surface area contributed by atoms with Crippen molar-refractivity contribution in [2.75, 3.05) is 33.0 Å². The van der Waals surface area contributed by atoms with Gasteiger partial charge in [0.15, 0.2) is 11.5 Å². The molecule has 3 aliphatic rings. The molecule has 140 valence electrons. The second-order valence-electron chi connectivity index (χ2n) is 7.23. The van der Waals surface area contributed by atoms with Crippen LogP contribution < -0.4 is 15.2 Å². The number of hydrogen-bond donors (Lipinski definition) is 1. The number of likely N-dealkylation sites (tertiary alicyclic amines) is 2. The van der Waals surface area contributed by atoms with Crippen LogP contribution in [0.15, 0.2) is 18.2 Å². The van der Waals surface area contributed by atoms with E-state index in [4.69, 9.17) is 15.2 Å². The fourth-order valence-corrected chi connectivity index (χ4v) is 4.34. The summed E-state index contributed by atoms with van der Waals surface area (Å²) in [6.45, 7) is 2.76. The maximum Gasteiger partial charge on any atom is 0.231 e. The van der Waals surface area contributed by atoms with E-state index in [0.29, 0.717) is 44.1 Å². The Morgan fingerprint density at radius 2 is 2.08 bits per heavy atom. The number of fused-ring (bicyclic) bond motifs is 2. The minimum absolute atomic E-state index is 0.129. The Labute approximate surface area is 153 Å². The lowest BCUT2D eigenvalue weighted by Crippen LogP contribution is -2.57. The summed E-state index contributed by atoms with van der Waals surface area (Å²) < 4.78 is 10.7. The predicted octanol–water partition coefficient (Wildman–Crippen LogP) is 0.756. The Balaban J connectivity index is 1.39. The molecule has 0 aliphatic carbocycles. The van der Waals surface area contributed by atoms with Crippen molar-refractivity contribution in [3.05, 3.63) is 23.8 Å². The predicted molar refractivity (Wildman–Crippen MR) is 94.7 cm³/mol. The van der Waals surface area contributed by atoms with Gasteiger partial charge in [0, 0.05) is 38.6 Å². The van der Waals surface area contributed by atoms with Crippen molar-refractivity contribution < 1.29 is 19.1 Å². The van der Waals surface area contributed by atoms with Crippen LogP contribution in [0.4, 0.5) is 0 Å². The zero-order chi connectivity index (χ0) is 18.1. The van der Waals surface area contributed by atoms with Gasteiger partial charge in [0.25, 0.3) is 0 Å². The zero-order valence-corrected chi connectivity index (χ0v) is 14.9. The van der Waals surface area contributed by atoms with Crippen LogP contribution in [0.3, 0.4) is 0 Å². The first-order valence-electron chi connectivity index (χ1n) is 9.31. The van der Waals surface area contributed by atoms with Gasteiger partial charge in [0.1, 0.15) is 0 Å². The highest BCUT2D eigenvalue weighted by Crippen LogP contribution is 2.34. The van der Waals surface area contributed by atoms with Crippen molar-refractivity contribution in [3.8, 4) is 11.5 Å². The fraction of sp³-hybridized carbons (Fsp3) is 0.579. The van der Waals surface area contributed by atoms with E-state index in [0.717, 1.165) is 30.7 Å². The van der Waals surface area contributed by atoms with Crippen LogP contribution in [0.1, 0.15) is 24.8 Å². The molecule has 2 amide bonds. The van der Waals surface area contributed by atoms with Crippen molar-refractivity contribution in [1.29, 1.82) is 0 Å². The minimum Gasteiger partial charge on any atom is -0.454 e. The molecule has 7 nitrogen and oxygen atoms in total. The first kappa shape index (κ1) is 17.1. The second kappa shape index (κ2) is 7.15. The molecule has 26 heavy (non-hydrogen) atoms. The topological polar surface area (TPSA) is 85.1 Å². The maximum absolute atomic E-state index is 12.8. The lowest BCUT2D eigenvalue weighted by atomic mass is 9.83. The number of ether oxygens (including phenoxy) is 2. The molecule has 0 saturated carbocycles. The van der Waals surface area contributed by atoms with Crippen molar-refractivity contribution in [2.45, 2.75) is 31.7 Å². The average Bonchev–Trinajstić information content (AvgIpc) is 3.11. The lowest BCUT2D eigenvalue weighted by Gasteiger charge is -2.47. The summed E-state index contributed by atoms with van der Waals surface area (Å²) in [6, 6.07) is 5.89. The molecule has 0 aromatic heterocycles. The SMILES string of the molecule is NCCN1C(=O)CC[C@H]2CN(C(=O)Cc3ccc4c(c3)OCO4)CC[C@H]21. The summed E-state index contributed by atoms with van der Waals surface area (Å²) in [4.78, 5) is 28.8. The number of rotatable bonds is 4. The van der Waals surface area contributed by atoms with E-state index in [2.05, 4.69) is 0 Å². The first-order chi connectivity index (χ1) is 12.7. The van der Waals surface area contributed by atoms with E-state index in [1.54, 1.807) is 0 Å². The molecule has 2 fully saturated rings. The first-order valence-corrected chi connectivity index (χ1v) is 9.31. The van der Waals surface area contributed by atoms with Gasteiger partial charge >= 0.3 is 0 Å². The van der Waals surface area contributed by atoms with Gasteiger partial charge in [-0.05, 0) is 36.5 Å². The number of carbonyl (C=O) groups is 2. The molecule has 2 N–H and O–H groups in total. The van der Waals surface area contributed by atoms with Crippen LogP contribution >= 0.6 is 0 Å². The Bertz CT molecular complexity index is 708. The van der Waals surface area contributed by atoms with Gasteiger partial charge in [-0.15, -0.1) is 0 Å². The normalized spacial score (nSPS) is 24.6. The van der Waals surface area contributed by atoms with Crippen molar-refractivity contribution in [2.24, 2.45) is 11.7 Å². The number of amides is 2. The van der Waals surface area contributed by atoms with Crippen molar-refractivity contribution >= 4 is 11.8 Å². The molecule has 0 radical (unpaired) electrons. The van der Waals surface area contributed by atoms with E-state index in [-0.39, 0.29) is 24.6 Å². The van der Waals surface area contributed by atoms with E-state index >= 15 is 0 Å². The van der Waals surface area contributed by atoms with Crippen LogP contribution in [0, 0.1) is 5.92 Å². The summed E-state index contributed by atoms with van der Waals surface area (Å²) in [5.74, 6) is 2.13. The summed E-state index contributed by atoms with van der Waals surface area (Å²) in [6.07, 6.45) is 2.62. The summed E-state index contributed by atoms with van der Waals surface area (Å²) in [7, 11) is 0. The number of benzene rings is 1. The van der Waals surface area contributed by atoms with Crippen molar-refractivity contribution in [1.82, 2.24) is 9.80 Å². The number of piperidine rings is 2. The van der Waals surface area contributed by atoms with Gasteiger partial charge in [-0.2, -0.15) is 0 Å². The van der Waals surface area contributed by atoms with Gasteiger partial charge in [-0.1, -0.05) is 6.07 Å². The molecule has 3 heterocycles. The van der Waals surface area contributed by atoms with Crippen LogP contribution in [0.2, 0.25) is 0 Å². The Kier molecular flexibility index (Phi) is 4.72. The number of nitrogens with two attached hydrogens (primary N) is 1. The molecule has 3 aliphatic heterocycles. The monoisotopic (exact) mass is 359 g/mol. The Hall–Kier alpha value is -2.28. The molecule has 0 spiro atoms. The largest absolute Gasteiger partial charge is 0.454 e. The van der Waals surface area contributed by atoms with E-state index in [1.165, 1.54) is 0 Å². The van der Waals surface area contributed by atoms with Gasteiger partial charge in [0.2, 0.25) is 18.6 Å². The second-order valence-corrected chi connectivity index (χ2v) is 7.23. The molecule has 4 rings (SSSR count). The third-order valence-corrected chi connectivity index (χ3v) is 5.66. The molecule has 0 unspecified atom stereocenters. The number of carbonyl (C=O) groups excluding carboxylic acids is 2. The summed E-state index contributed by atoms with van der Waals surface area (Å²) in [5.41, 5.74) is 6.60. The molecule has 2 saturated heterocycles. The molecule has 2 atom stereocenters. The van der Waals surface area contributed by atoms with Gasteiger partial charge in [0.05, 0.1) is 6.42 Å². The van der Waals surface area contributed by atoms with Crippen LogP contribution in [0.5, 0.6) is 11.5 Å². The smallest absolute Gasteiger partial charge is 0.231 e. The van der Waals surface area contributed by atoms with E-state index < -0.39 is 0 Å². The van der Waals surface area contributed by atoms with E-state index in [1.807, 2.05) is 28.0 Å². The molecular weight excluding hydrogens is 334 g/mol. The molecule has 1 aromatic carbocycles. The van der Waals surface area contributed by atoms with Gasteiger partial charge < -0.3 is 25.0 Å². The lowest BCUT2D eigenvalue weighted by molar-refractivity contribution is -0.143. The van der Waals surface area contributed by atoms with Crippen LogP contribution in [0.25, 0.3) is 0 Å². The number of hydrogen-bond acceptors (Lipinski definition) is 5. The standard InChI is InChI=1S/C19H25N3O4/c20-6-8-22-15-5-7-21(11-14(15)2-4-18(22)23)19(24)10-13-1-3-16-17(9-13)26-12-25-16/h1,3,9,14-15H,2,4-8,10-12,20H2/t14-,15+/m0/s1. The maximum atomic E-state index is 12.8. The molecule has 1 aromatic rings. The quantitative estimate of drug-likeness (QED) is 0.858. The summed E-state index contributed by atoms with van der Waals surface area (Å²) in [5, 5.41) is 0. The Morgan fingerprint density at radius 1 is 1.23 bits per heavy atom. The zero-order valence-electron chi connectivity index (χ0n) is 14.9. The highest BCUT2D eigenvalue weighted by molar-refractivity contribution is 5.80. The average molecular weight is 359 g/mol. The van der Waals surface area contributed by atoms with Gasteiger partial charge in [-0.25, -0.2) is 0 Å². The highest BCUT2D eigenvalue weighted by Gasteiger charge is 2.39. The third kappa shape index (κ3) is 3.23. The Morgan fingerprint density at radius 3 is 2.92 bits per heavy atom. The van der Waals surface area contributed by atoms with Crippen LogP contribution in [-0.4, -0.2) is 60.6 Å². The summed E-state index contributed by atoms with van der Waals surface area (Å²) >= 11 is 0. The van der Waals surface area contributed by atoms with Gasteiger partial charge in [-0.3, -0.25) is 9.59 Å².